The molecular weight excluding hydrogens is 425 g/mol. The van der Waals surface area contributed by atoms with Gasteiger partial charge in [0.05, 0.1) is 34.8 Å². The molecule has 0 aliphatic carbocycles. The molecule has 0 aliphatic rings. The number of Topliss-reactive ketones (excluding diaryl/α,β-unsaturated/α-hetero) is 1. The number of hydrogen-bond acceptors (Lipinski definition) is 6. The Hall–Kier alpha value is -4.32. The maximum atomic E-state index is 15.2. The van der Waals surface area contributed by atoms with E-state index in [9.17, 15) is 25.4 Å². The normalized spacial score (nSPS) is 12.8. The van der Waals surface area contributed by atoms with E-state index in [1.54, 1.807) is 36.4 Å². The van der Waals surface area contributed by atoms with E-state index >= 15 is 4.39 Å². The van der Waals surface area contributed by atoms with Crippen molar-refractivity contribution in [2.24, 2.45) is 0 Å². The van der Waals surface area contributed by atoms with Crippen molar-refractivity contribution in [3.63, 3.8) is 0 Å². The van der Waals surface area contributed by atoms with E-state index in [-0.39, 0.29) is 28.1 Å². The molecule has 3 aromatic carbocycles. The number of para-hydroxylation sites is 2. The highest BCUT2D eigenvalue weighted by Crippen LogP contribution is 2.30. The number of nitrogens with zero attached hydrogens (tertiary/aromatic N) is 2. The number of H-pyrrole nitrogens is 1. The number of imidazole rings is 1. The van der Waals surface area contributed by atoms with E-state index in [1.165, 1.54) is 30.3 Å². The molecule has 33 heavy (non-hydrogen) atoms. The molecule has 4 N–H and O–H groups in total. The predicted octanol–water partition coefficient (Wildman–Crippen LogP) is 3.91. The van der Waals surface area contributed by atoms with E-state index in [2.05, 4.69) is 9.97 Å². The summed E-state index contributed by atoms with van der Waals surface area (Å²) < 4.78 is 15.2. The molecule has 0 spiro atoms. The lowest BCUT2D eigenvalue weighted by atomic mass is 9.95. The topological polar surface area (TPSA) is 130 Å². The molecule has 0 unspecified atom stereocenters. The molecule has 7 nitrogen and oxygen atoms in total. The fourth-order valence-electron chi connectivity index (χ4n) is 3.49. The molecular formula is C25H18FN3O4. The van der Waals surface area contributed by atoms with E-state index in [0.29, 0.717) is 11.0 Å². The number of hydrogen-bond donors (Lipinski definition) is 4. The Morgan fingerprint density at radius 2 is 1.88 bits per heavy atom. The smallest absolute Gasteiger partial charge is 0.203 e. The van der Waals surface area contributed by atoms with Crippen LogP contribution in [0.1, 0.15) is 39.0 Å². The molecule has 0 amide bonds. The Bertz CT molecular complexity index is 1400. The number of nitriles is 1. The Kier molecular flexibility index (Phi) is 6.00. The fraction of sp³-hybridized carbons (Fsp3) is 0.0800. The summed E-state index contributed by atoms with van der Waals surface area (Å²) in [6.45, 7) is -0.729. The minimum atomic E-state index is -1.52. The average Bonchev–Trinajstić information content (AvgIpc) is 3.27. The zero-order valence-corrected chi connectivity index (χ0v) is 17.2. The molecule has 4 rings (SSSR count). The highest BCUT2D eigenvalue weighted by atomic mass is 19.1. The first-order valence-electron chi connectivity index (χ1n) is 9.95. The molecule has 0 aliphatic heterocycles. The lowest BCUT2D eigenvalue weighted by Gasteiger charge is -2.13. The van der Waals surface area contributed by atoms with Crippen LogP contribution in [-0.2, 0) is 0 Å². The van der Waals surface area contributed by atoms with Crippen molar-refractivity contribution in [1.82, 2.24) is 9.97 Å². The van der Waals surface area contributed by atoms with Crippen molar-refractivity contribution in [2.75, 3.05) is 6.61 Å². The van der Waals surface area contributed by atoms with Gasteiger partial charge >= 0.3 is 0 Å². The van der Waals surface area contributed by atoms with Crippen LogP contribution in [0.5, 0.6) is 0 Å². The van der Waals surface area contributed by atoms with Crippen molar-refractivity contribution in [2.45, 2.75) is 6.10 Å². The van der Waals surface area contributed by atoms with Gasteiger partial charge in [0, 0.05) is 11.1 Å². The third kappa shape index (κ3) is 4.11. The van der Waals surface area contributed by atoms with E-state index in [1.807, 2.05) is 6.07 Å². The first-order chi connectivity index (χ1) is 15.9. The highest BCUT2D eigenvalue weighted by Gasteiger charge is 2.27. The van der Waals surface area contributed by atoms with Gasteiger partial charge in [-0.05, 0) is 30.3 Å². The number of nitrogens with one attached hydrogen (secondary N) is 1. The zero-order chi connectivity index (χ0) is 23.5. The summed E-state index contributed by atoms with van der Waals surface area (Å²) in [7, 11) is 0. The fourth-order valence-corrected chi connectivity index (χ4v) is 3.49. The number of aliphatic hydroxyl groups excluding tert-OH is 3. The highest BCUT2D eigenvalue weighted by molar-refractivity contribution is 6.33. The number of aromatic amines is 1. The number of allylic oxidation sites excluding steroid dienone is 1. The number of aliphatic hydroxyl groups is 3. The molecule has 0 saturated carbocycles. The summed E-state index contributed by atoms with van der Waals surface area (Å²) in [4.78, 5) is 20.9. The second-order valence-corrected chi connectivity index (χ2v) is 7.26. The van der Waals surface area contributed by atoms with E-state index < -0.39 is 35.6 Å². The Labute approximate surface area is 187 Å². The molecule has 1 atom stereocenters. The summed E-state index contributed by atoms with van der Waals surface area (Å²) in [5.41, 5.74) is 0.578. The second kappa shape index (κ2) is 9.04. The van der Waals surface area contributed by atoms with Crippen molar-refractivity contribution < 1.29 is 24.5 Å². The third-order valence-electron chi connectivity index (χ3n) is 5.16. The van der Waals surface area contributed by atoms with Crippen LogP contribution in [0.2, 0.25) is 0 Å². The van der Waals surface area contributed by atoms with E-state index in [0.717, 1.165) is 0 Å². The van der Waals surface area contributed by atoms with Crippen LogP contribution in [-0.4, -0.2) is 37.7 Å². The summed E-state index contributed by atoms with van der Waals surface area (Å²) in [5.74, 6) is -2.40. The second-order valence-electron chi connectivity index (χ2n) is 7.26. The van der Waals surface area contributed by atoms with Gasteiger partial charge in [-0.25, -0.2) is 9.37 Å². The van der Waals surface area contributed by atoms with Gasteiger partial charge in [0.1, 0.15) is 29.1 Å². The molecule has 1 aromatic heterocycles. The van der Waals surface area contributed by atoms with Gasteiger partial charge in [-0.15, -0.1) is 0 Å². The van der Waals surface area contributed by atoms with Gasteiger partial charge in [-0.3, -0.25) is 4.79 Å². The quantitative estimate of drug-likeness (QED) is 0.203. The van der Waals surface area contributed by atoms with Crippen LogP contribution in [0, 0.1) is 17.1 Å². The summed E-state index contributed by atoms with van der Waals surface area (Å²) in [6, 6.07) is 18.8. The number of halogens is 1. The molecule has 0 fully saturated rings. The number of rotatable bonds is 6. The van der Waals surface area contributed by atoms with Gasteiger partial charge < -0.3 is 20.3 Å². The molecule has 164 valence electrons. The van der Waals surface area contributed by atoms with Crippen LogP contribution in [0.3, 0.4) is 0 Å². The SMILES string of the molecule is N#Cc1cccc(C(O)=C(C(=O)c2cccc([C@@H](O)CO)c2F)c2nc3ccccc3[nH]2)c1. The lowest BCUT2D eigenvalue weighted by Crippen LogP contribution is -2.13. The van der Waals surface area contributed by atoms with Crippen LogP contribution in [0.4, 0.5) is 4.39 Å². The Morgan fingerprint density at radius 3 is 2.61 bits per heavy atom. The largest absolute Gasteiger partial charge is 0.506 e. The van der Waals surface area contributed by atoms with Crippen LogP contribution < -0.4 is 0 Å². The van der Waals surface area contributed by atoms with Gasteiger partial charge in [-0.1, -0.05) is 36.4 Å². The van der Waals surface area contributed by atoms with Crippen LogP contribution >= 0.6 is 0 Å². The minimum absolute atomic E-state index is 0.00794. The summed E-state index contributed by atoms with van der Waals surface area (Å²) in [6.07, 6.45) is -1.52. The molecule has 0 radical (unpaired) electrons. The number of fused-ring (bicyclic) bond motifs is 1. The van der Waals surface area contributed by atoms with Crippen molar-refractivity contribution in [1.29, 1.82) is 5.26 Å². The Balaban J connectivity index is 1.95. The van der Waals surface area contributed by atoms with E-state index in [4.69, 9.17) is 0 Å². The maximum Gasteiger partial charge on any atom is 0.203 e. The number of aromatic nitrogens is 2. The van der Waals surface area contributed by atoms with Crippen molar-refractivity contribution >= 4 is 28.1 Å². The summed E-state index contributed by atoms with van der Waals surface area (Å²) >= 11 is 0. The molecule has 4 aromatic rings. The molecule has 0 saturated heterocycles. The molecule has 1 heterocycles. The lowest BCUT2D eigenvalue weighted by molar-refractivity contribution is 0.0920. The van der Waals surface area contributed by atoms with Gasteiger partial charge in [0.2, 0.25) is 5.78 Å². The van der Waals surface area contributed by atoms with Gasteiger partial charge in [0.25, 0.3) is 0 Å². The number of benzene rings is 3. The third-order valence-corrected chi connectivity index (χ3v) is 5.16. The van der Waals surface area contributed by atoms with Gasteiger partial charge in [-0.2, -0.15) is 5.26 Å². The molecule has 0 bridgehead atoms. The van der Waals surface area contributed by atoms with Crippen molar-refractivity contribution in [3.05, 3.63) is 101 Å². The monoisotopic (exact) mass is 443 g/mol. The number of carbonyl (C=O) groups excluding carboxylic acids is 1. The maximum absolute atomic E-state index is 15.2. The summed E-state index contributed by atoms with van der Waals surface area (Å²) in [5, 5.41) is 39.4. The number of ketones is 1. The predicted molar refractivity (Wildman–Crippen MR) is 119 cm³/mol. The number of carbonyl (C=O) groups is 1. The first kappa shape index (κ1) is 21.9. The van der Waals surface area contributed by atoms with Crippen LogP contribution in [0.15, 0.2) is 66.7 Å². The minimum Gasteiger partial charge on any atom is -0.506 e. The average molecular weight is 443 g/mol. The Morgan fingerprint density at radius 1 is 1.12 bits per heavy atom. The first-order valence-corrected chi connectivity index (χ1v) is 9.95. The van der Waals surface area contributed by atoms with Crippen molar-refractivity contribution in [3.8, 4) is 6.07 Å². The standard InChI is InChI=1S/C25H18FN3O4/c26-22-16(20(31)13-30)7-4-8-17(22)24(33)21(23(32)15-6-3-5-14(11-15)12-27)25-28-18-9-1-2-10-19(18)29-25/h1-11,20,30-32H,13H2,(H,28,29)/t20-/m0/s1. The van der Waals surface area contributed by atoms with Gasteiger partial charge in [0.15, 0.2) is 0 Å². The zero-order valence-electron chi connectivity index (χ0n) is 17.2. The molecule has 8 heteroatoms. The van der Waals surface area contributed by atoms with Crippen LogP contribution in [0.25, 0.3) is 22.4 Å².